The SMILES string of the molecule is COC(=O)Cc1ccc(OS(=O)(=O)c2ccc(OC)cc2)cc1. The molecule has 2 aromatic carbocycles. The highest BCUT2D eigenvalue weighted by Crippen LogP contribution is 2.21. The Hall–Kier alpha value is -2.54. The van der Waals surface area contributed by atoms with Crippen LogP contribution in [0.3, 0.4) is 0 Å². The van der Waals surface area contributed by atoms with Crippen molar-refractivity contribution in [2.45, 2.75) is 11.3 Å². The van der Waals surface area contributed by atoms with Gasteiger partial charge in [-0.2, -0.15) is 8.42 Å². The summed E-state index contributed by atoms with van der Waals surface area (Å²) in [6, 6.07) is 12.1. The normalized spacial score (nSPS) is 10.9. The summed E-state index contributed by atoms with van der Waals surface area (Å²) in [6.45, 7) is 0. The summed E-state index contributed by atoms with van der Waals surface area (Å²) in [4.78, 5) is 11.2. The fourth-order valence-corrected chi connectivity index (χ4v) is 2.75. The van der Waals surface area contributed by atoms with E-state index in [1.165, 1.54) is 50.6 Å². The van der Waals surface area contributed by atoms with Crippen molar-refractivity contribution in [2.24, 2.45) is 0 Å². The predicted octanol–water partition coefficient (Wildman–Crippen LogP) is 2.18. The van der Waals surface area contributed by atoms with Gasteiger partial charge in [-0.25, -0.2) is 0 Å². The van der Waals surface area contributed by atoms with Gasteiger partial charge in [0, 0.05) is 0 Å². The van der Waals surface area contributed by atoms with Crippen molar-refractivity contribution in [3.05, 3.63) is 54.1 Å². The Balaban J connectivity index is 2.12. The molecule has 0 saturated heterocycles. The molecule has 6 nitrogen and oxygen atoms in total. The zero-order chi connectivity index (χ0) is 16.9. The van der Waals surface area contributed by atoms with Gasteiger partial charge in [-0.3, -0.25) is 4.79 Å². The van der Waals surface area contributed by atoms with Gasteiger partial charge in [0.2, 0.25) is 0 Å². The van der Waals surface area contributed by atoms with E-state index in [1.807, 2.05) is 0 Å². The number of hydrogen-bond donors (Lipinski definition) is 0. The Labute approximate surface area is 134 Å². The minimum absolute atomic E-state index is 0.0249. The minimum Gasteiger partial charge on any atom is -0.497 e. The molecule has 7 heteroatoms. The molecule has 0 heterocycles. The molecule has 122 valence electrons. The second-order valence-electron chi connectivity index (χ2n) is 4.61. The average molecular weight is 336 g/mol. The maximum Gasteiger partial charge on any atom is 0.339 e. The van der Waals surface area contributed by atoms with E-state index in [9.17, 15) is 13.2 Å². The van der Waals surface area contributed by atoms with Crippen LogP contribution >= 0.6 is 0 Å². The Kier molecular flexibility index (Phi) is 5.23. The number of rotatable bonds is 6. The summed E-state index contributed by atoms with van der Waals surface area (Å²) in [5, 5.41) is 0. The van der Waals surface area contributed by atoms with Crippen molar-refractivity contribution in [3.8, 4) is 11.5 Å². The fourth-order valence-electron chi connectivity index (χ4n) is 1.82. The lowest BCUT2D eigenvalue weighted by Gasteiger charge is -2.08. The molecule has 0 aliphatic heterocycles. The lowest BCUT2D eigenvalue weighted by molar-refractivity contribution is -0.139. The van der Waals surface area contributed by atoms with Crippen LogP contribution in [0.2, 0.25) is 0 Å². The molecule has 0 fully saturated rings. The van der Waals surface area contributed by atoms with Gasteiger partial charge in [0.1, 0.15) is 16.4 Å². The van der Waals surface area contributed by atoms with Crippen LogP contribution in [0.1, 0.15) is 5.56 Å². The second kappa shape index (κ2) is 7.15. The minimum atomic E-state index is -3.93. The number of hydrogen-bond acceptors (Lipinski definition) is 6. The Morgan fingerprint density at radius 3 is 2.00 bits per heavy atom. The number of benzene rings is 2. The topological polar surface area (TPSA) is 78.9 Å². The van der Waals surface area contributed by atoms with E-state index in [4.69, 9.17) is 8.92 Å². The highest BCUT2D eigenvalue weighted by Gasteiger charge is 2.16. The van der Waals surface area contributed by atoms with Crippen molar-refractivity contribution >= 4 is 16.1 Å². The standard InChI is InChI=1S/C16H16O6S/c1-20-13-7-9-15(10-8-13)23(18,19)22-14-5-3-12(4-6-14)11-16(17)21-2/h3-10H,11H2,1-2H3. The second-order valence-corrected chi connectivity index (χ2v) is 6.16. The van der Waals surface area contributed by atoms with Crippen molar-refractivity contribution in [3.63, 3.8) is 0 Å². The van der Waals surface area contributed by atoms with Crippen LogP contribution in [-0.4, -0.2) is 28.6 Å². The van der Waals surface area contributed by atoms with Crippen molar-refractivity contribution in [2.75, 3.05) is 14.2 Å². The molecule has 0 aliphatic carbocycles. The maximum absolute atomic E-state index is 12.2. The van der Waals surface area contributed by atoms with E-state index in [2.05, 4.69) is 4.74 Å². The summed E-state index contributed by atoms with van der Waals surface area (Å²) in [6.07, 6.45) is 0.113. The van der Waals surface area contributed by atoms with Crippen molar-refractivity contribution in [1.82, 2.24) is 0 Å². The Bertz CT molecular complexity index is 763. The lowest BCUT2D eigenvalue weighted by Crippen LogP contribution is -2.10. The highest BCUT2D eigenvalue weighted by molar-refractivity contribution is 7.87. The maximum atomic E-state index is 12.2. The van der Waals surface area contributed by atoms with Gasteiger partial charge in [0.15, 0.2) is 0 Å². The molecular weight excluding hydrogens is 320 g/mol. The predicted molar refractivity (Wildman–Crippen MR) is 83.0 cm³/mol. The zero-order valence-electron chi connectivity index (χ0n) is 12.7. The van der Waals surface area contributed by atoms with Crippen LogP contribution in [0, 0.1) is 0 Å². The third kappa shape index (κ3) is 4.46. The molecule has 2 aromatic rings. The van der Waals surface area contributed by atoms with E-state index < -0.39 is 10.1 Å². The smallest absolute Gasteiger partial charge is 0.339 e. The van der Waals surface area contributed by atoms with Crippen LogP contribution in [0.4, 0.5) is 0 Å². The first-order valence-corrected chi connectivity index (χ1v) is 8.10. The van der Waals surface area contributed by atoms with Gasteiger partial charge in [-0.15, -0.1) is 0 Å². The van der Waals surface area contributed by atoms with E-state index >= 15 is 0 Å². The first kappa shape index (κ1) is 16.8. The van der Waals surface area contributed by atoms with Crippen LogP contribution in [-0.2, 0) is 26.1 Å². The van der Waals surface area contributed by atoms with Crippen LogP contribution in [0.25, 0.3) is 0 Å². The first-order chi connectivity index (χ1) is 10.9. The summed E-state index contributed by atoms with van der Waals surface area (Å²) in [5.74, 6) is 0.343. The third-order valence-electron chi connectivity index (χ3n) is 3.05. The van der Waals surface area contributed by atoms with Crippen LogP contribution in [0.5, 0.6) is 11.5 Å². The summed E-state index contributed by atoms with van der Waals surface area (Å²) in [7, 11) is -1.12. The lowest BCUT2D eigenvalue weighted by atomic mass is 10.1. The molecule has 0 spiro atoms. The number of methoxy groups -OCH3 is 2. The average Bonchev–Trinajstić information content (AvgIpc) is 2.56. The molecule has 0 radical (unpaired) electrons. The Morgan fingerprint density at radius 2 is 1.48 bits per heavy atom. The molecule has 0 saturated carbocycles. The largest absolute Gasteiger partial charge is 0.497 e. The van der Waals surface area contributed by atoms with E-state index in [1.54, 1.807) is 12.1 Å². The number of ether oxygens (including phenoxy) is 2. The monoisotopic (exact) mass is 336 g/mol. The molecule has 0 aromatic heterocycles. The van der Waals surface area contributed by atoms with Gasteiger partial charge >= 0.3 is 16.1 Å². The molecule has 0 bridgehead atoms. The van der Waals surface area contributed by atoms with Gasteiger partial charge in [0.05, 0.1) is 20.6 Å². The van der Waals surface area contributed by atoms with E-state index in [-0.39, 0.29) is 23.0 Å². The molecule has 0 aliphatic rings. The third-order valence-corrected chi connectivity index (χ3v) is 4.31. The highest BCUT2D eigenvalue weighted by atomic mass is 32.2. The number of carbonyl (C=O) groups excluding carboxylic acids is 1. The number of esters is 1. The zero-order valence-corrected chi connectivity index (χ0v) is 13.5. The number of carbonyl (C=O) groups is 1. The van der Waals surface area contributed by atoms with E-state index in [0.717, 1.165) is 0 Å². The summed E-state index contributed by atoms with van der Waals surface area (Å²) < 4.78 is 39.0. The van der Waals surface area contributed by atoms with E-state index in [0.29, 0.717) is 11.3 Å². The molecule has 23 heavy (non-hydrogen) atoms. The van der Waals surface area contributed by atoms with Crippen LogP contribution < -0.4 is 8.92 Å². The molecule has 0 unspecified atom stereocenters. The first-order valence-electron chi connectivity index (χ1n) is 6.69. The molecular formula is C16H16O6S. The fraction of sp³-hybridized carbons (Fsp3) is 0.188. The quantitative estimate of drug-likeness (QED) is 0.594. The summed E-state index contributed by atoms with van der Waals surface area (Å²) >= 11 is 0. The van der Waals surface area contributed by atoms with Gasteiger partial charge in [-0.1, -0.05) is 12.1 Å². The van der Waals surface area contributed by atoms with Gasteiger partial charge < -0.3 is 13.7 Å². The summed E-state index contributed by atoms with van der Waals surface area (Å²) in [5.41, 5.74) is 0.700. The van der Waals surface area contributed by atoms with Gasteiger partial charge in [0.25, 0.3) is 0 Å². The van der Waals surface area contributed by atoms with Crippen LogP contribution in [0.15, 0.2) is 53.4 Å². The molecule has 2 rings (SSSR count). The molecule has 0 atom stereocenters. The molecule has 0 N–H and O–H groups in total. The van der Waals surface area contributed by atoms with Gasteiger partial charge in [-0.05, 0) is 42.0 Å². The Morgan fingerprint density at radius 1 is 0.913 bits per heavy atom. The van der Waals surface area contributed by atoms with Crippen molar-refractivity contribution in [1.29, 1.82) is 0 Å². The van der Waals surface area contributed by atoms with Crippen molar-refractivity contribution < 1.29 is 26.9 Å². The molecule has 0 amide bonds.